The van der Waals surface area contributed by atoms with Gasteiger partial charge in [0.1, 0.15) is 31.0 Å². The van der Waals surface area contributed by atoms with Gasteiger partial charge in [0.25, 0.3) is 5.56 Å². The highest BCUT2D eigenvalue weighted by Crippen LogP contribution is 2.50. The summed E-state index contributed by atoms with van der Waals surface area (Å²) in [6.07, 6.45) is -8.72. The summed E-state index contributed by atoms with van der Waals surface area (Å²) < 4.78 is 63.1. The number of esters is 3. The first kappa shape index (κ1) is 53.4. The number of anilines is 1. The van der Waals surface area contributed by atoms with Gasteiger partial charge in [0.05, 0.1) is 29.6 Å². The van der Waals surface area contributed by atoms with Crippen molar-refractivity contribution in [1.82, 2.24) is 19.5 Å². The molecule has 0 radical (unpaired) electrons. The Morgan fingerprint density at radius 1 is 0.712 bits per heavy atom. The zero-order valence-corrected chi connectivity index (χ0v) is 44.7. The summed E-state index contributed by atoms with van der Waals surface area (Å²) >= 11 is 0. The fourth-order valence-corrected chi connectivity index (χ4v) is 20.8. The van der Waals surface area contributed by atoms with Crippen LogP contribution in [0.1, 0.15) is 107 Å². The predicted molar refractivity (Wildman–Crippen MR) is 271 cm³/mol. The molecule has 0 aliphatic carbocycles. The first-order chi connectivity index (χ1) is 34.8. The molecule has 5 aromatic rings. The van der Waals surface area contributed by atoms with Crippen molar-refractivity contribution in [3.05, 3.63) is 124 Å². The van der Waals surface area contributed by atoms with Gasteiger partial charge in [-0.15, -0.1) is 0 Å². The average molecular weight is 1040 g/mol. The van der Waals surface area contributed by atoms with Crippen LogP contribution in [0, 0.1) is 5.92 Å². The molecule has 21 heteroatoms. The van der Waals surface area contributed by atoms with Crippen LogP contribution in [-0.4, -0.2) is 117 Å². The van der Waals surface area contributed by atoms with Crippen LogP contribution in [-0.2, 0) is 46.2 Å². The summed E-state index contributed by atoms with van der Waals surface area (Å²) in [5, 5.41) is 2.67. The molecule has 8 atom stereocenters. The molecule has 0 unspecified atom stereocenters. The number of carbonyl (C=O) groups is 4. The monoisotopic (exact) mass is 1040 g/mol. The number of aromatic nitrogens is 4. The number of hydrogen-bond acceptors (Lipinski definition) is 16. The summed E-state index contributed by atoms with van der Waals surface area (Å²) in [5.41, 5.74) is -0.267. The van der Waals surface area contributed by atoms with Crippen LogP contribution in [0.25, 0.3) is 11.2 Å². The molecule has 1 amide bonds. The number of nitrogens with one attached hydrogen (secondary N) is 2. The smallest absolute Gasteiger partial charge is 0.338 e. The Morgan fingerprint density at radius 3 is 1.78 bits per heavy atom. The van der Waals surface area contributed by atoms with Crippen LogP contribution in [0.3, 0.4) is 0 Å². The van der Waals surface area contributed by atoms with Crippen LogP contribution in [0.15, 0.2) is 102 Å². The van der Waals surface area contributed by atoms with Crippen LogP contribution in [0.2, 0.25) is 22.2 Å². The molecule has 3 fully saturated rings. The zero-order chi connectivity index (χ0) is 52.4. The van der Waals surface area contributed by atoms with Gasteiger partial charge in [-0.1, -0.05) is 124 Å². The van der Waals surface area contributed by atoms with Crippen molar-refractivity contribution in [2.75, 3.05) is 18.5 Å². The summed E-state index contributed by atoms with van der Waals surface area (Å²) in [6, 6.07) is 24.8. The minimum Gasteiger partial charge on any atom is -0.459 e. The van der Waals surface area contributed by atoms with Gasteiger partial charge >= 0.3 is 35.0 Å². The molecule has 0 bridgehead atoms. The Balaban J connectivity index is 1.27. The SMILES string of the molecule is CC(C)C(=O)Nc1nc2c(ncn2[C@@H]2O[C@@H]3CO[Si](C(C)C)(C(C)C)O[Si](C(C)C)(C(C)C)O[C@H]3[C@H]2O[C@@H]2O[C@H](COC(=O)c3ccccc3)[C@@H](OC(=O)c3ccccc3)[C@H]2OC(=O)c2ccccc2)c(=O)[nH]1. The van der Waals surface area contributed by atoms with Crippen molar-refractivity contribution in [2.24, 2.45) is 5.92 Å². The van der Waals surface area contributed by atoms with Gasteiger partial charge in [0.2, 0.25) is 11.9 Å². The maximum Gasteiger partial charge on any atom is 0.338 e. The van der Waals surface area contributed by atoms with E-state index in [0.717, 1.165) is 0 Å². The molecule has 3 aliphatic rings. The predicted octanol–water partition coefficient (Wildman–Crippen LogP) is 7.99. The number of benzene rings is 3. The summed E-state index contributed by atoms with van der Waals surface area (Å²) in [6.45, 7) is 19.7. The number of H-pyrrole nitrogens is 1. The minimum absolute atomic E-state index is 0.00432. The summed E-state index contributed by atoms with van der Waals surface area (Å²) in [7, 11) is -6.54. The van der Waals surface area contributed by atoms with Gasteiger partial charge in [-0.2, -0.15) is 4.98 Å². The van der Waals surface area contributed by atoms with E-state index in [1.165, 1.54) is 10.9 Å². The summed E-state index contributed by atoms with van der Waals surface area (Å²) in [4.78, 5) is 80.0. The number of aromatic amines is 1. The number of fused-ring (bicyclic) bond motifs is 2. The molecule has 8 rings (SSSR count). The van der Waals surface area contributed by atoms with Crippen molar-refractivity contribution in [3.8, 4) is 0 Å². The lowest BCUT2D eigenvalue weighted by Crippen LogP contribution is -2.66. The Morgan fingerprint density at radius 2 is 1.25 bits per heavy atom. The number of carbonyl (C=O) groups excluding carboxylic acids is 4. The maximum atomic E-state index is 14.2. The van der Waals surface area contributed by atoms with Gasteiger partial charge in [-0.25, -0.2) is 19.4 Å². The lowest BCUT2D eigenvalue weighted by Gasteiger charge is -2.51. The van der Waals surface area contributed by atoms with Crippen LogP contribution < -0.4 is 10.9 Å². The molecule has 3 aromatic carbocycles. The Bertz CT molecular complexity index is 2780. The number of nitrogens with zero attached hydrogens (tertiary/aromatic N) is 3. The first-order valence-corrected chi connectivity index (χ1v) is 28.8. The van der Waals surface area contributed by atoms with Crippen molar-refractivity contribution < 1.29 is 60.6 Å². The second-order valence-electron chi connectivity index (χ2n) is 20.1. The van der Waals surface area contributed by atoms with Gasteiger partial charge in [-0.3, -0.25) is 24.5 Å². The highest BCUT2D eigenvalue weighted by Gasteiger charge is 2.63. The molecule has 5 heterocycles. The van der Waals surface area contributed by atoms with Crippen molar-refractivity contribution in [1.29, 1.82) is 0 Å². The second kappa shape index (κ2) is 22.3. The van der Waals surface area contributed by atoms with Gasteiger partial charge < -0.3 is 41.4 Å². The number of amides is 1. The van der Waals surface area contributed by atoms with Gasteiger partial charge in [0, 0.05) is 5.92 Å². The van der Waals surface area contributed by atoms with E-state index in [0.29, 0.717) is 0 Å². The van der Waals surface area contributed by atoms with E-state index >= 15 is 0 Å². The third-order valence-electron chi connectivity index (χ3n) is 13.5. The van der Waals surface area contributed by atoms with E-state index in [2.05, 4.69) is 75.7 Å². The Labute approximate surface area is 426 Å². The normalized spacial score (nSPS) is 24.6. The van der Waals surface area contributed by atoms with E-state index in [9.17, 15) is 24.0 Å². The number of imidazole rings is 1. The standard InChI is InChI=1S/C52H65N5O14Si2/c1-29(2)45(58)55-52-54-44-39(46(59)56-52)53-28-57(44)47-42(41-38(65-47)27-64-72(30(3)4,31(5)6)71-73(70-41,32(7)8)33(9)10)69-51-43(68-50(62)36-24-18-13-19-25-36)40(67-49(61)35-22-16-12-17-23-35)37(66-51)26-63-48(60)34-20-14-11-15-21-34/h11-25,28-33,37-38,40-43,47,51H,26-27H2,1-10H3,(H2,54,55,56,58,59)/t37-,38-,40-,41-,42-,43-,47-,51+/m1/s1. The van der Waals surface area contributed by atoms with E-state index in [-0.39, 0.29) is 68.5 Å². The number of ether oxygens (including phenoxy) is 6. The maximum absolute atomic E-state index is 14.2. The third-order valence-corrected chi connectivity index (χ3v) is 23.8. The molecule has 3 saturated heterocycles. The van der Waals surface area contributed by atoms with E-state index in [4.69, 9.17) is 41.4 Å². The lowest BCUT2D eigenvalue weighted by molar-refractivity contribution is -0.219. The van der Waals surface area contributed by atoms with Crippen molar-refractivity contribution >= 4 is 58.0 Å². The zero-order valence-electron chi connectivity index (χ0n) is 42.7. The number of hydrogen-bond donors (Lipinski definition) is 2. The van der Waals surface area contributed by atoms with Crippen molar-refractivity contribution in [2.45, 2.75) is 141 Å². The van der Waals surface area contributed by atoms with Gasteiger partial charge in [-0.05, 0) is 58.6 Å². The molecule has 73 heavy (non-hydrogen) atoms. The van der Waals surface area contributed by atoms with Crippen molar-refractivity contribution in [3.63, 3.8) is 0 Å². The summed E-state index contributed by atoms with van der Waals surface area (Å²) in [5.74, 6) is -3.19. The fourth-order valence-electron chi connectivity index (χ4n) is 9.63. The van der Waals surface area contributed by atoms with Crippen LogP contribution in [0.4, 0.5) is 5.95 Å². The highest BCUT2D eigenvalue weighted by atomic mass is 28.5. The molecular weight excluding hydrogens is 975 g/mol. The topological polar surface area (TPSA) is 227 Å². The molecule has 2 aromatic heterocycles. The third kappa shape index (κ3) is 11.0. The van der Waals surface area contributed by atoms with Gasteiger partial charge in [0.15, 0.2) is 35.9 Å². The second-order valence-corrected chi connectivity index (χ2v) is 28.9. The minimum atomic E-state index is -3.43. The highest BCUT2D eigenvalue weighted by molar-refractivity contribution is 6.84. The fraction of sp³-hybridized carbons (Fsp3) is 0.481. The average Bonchev–Trinajstić information content (AvgIpc) is 4.03. The molecule has 3 aliphatic heterocycles. The first-order valence-electron chi connectivity index (χ1n) is 24.8. The molecule has 2 N–H and O–H groups in total. The molecular formula is C52H65N5O14Si2. The largest absolute Gasteiger partial charge is 0.459 e. The Hall–Kier alpha value is -5.92. The van der Waals surface area contributed by atoms with E-state index < -0.39 is 102 Å². The molecule has 390 valence electrons. The van der Waals surface area contributed by atoms with E-state index in [1.54, 1.807) is 105 Å². The van der Waals surface area contributed by atoms with Crippen LogP contribution >= 0.6 is 0 Å². The molecule has 0 saturated carbocycles. The molecule has 19 nitrogen and oxygen atoms in total. The van der Waals surface area contributed by atoms with E-state index in [1.807, 2.05) is 0 Å². The lowest BCUT2D eigenvalue weighted by atomic mass is 10.1. The Kier molecular flexibility index (Phi) is 16.3. The quantitative estimate of drug-likeness (QED) is 0.0542. The number of rotatable bonds is 16. The molecule has 0 spiro atoms. The van der Waals surface area contributed by atoms with Crippen LogP contribution in [0.5, 0.6) is 0 Å².